The maximum Gasteiger partial charge on any atom is 0.417 e. The van der Waals surface area contributed by atoms with Crippen molar-refractivity contribution >= 4 is 76.6 Å². The van der Waals surface area contributed by atoms with Gasteiger partial charge in [-0.15, -0.1) is 0 Å². The first-order valence-corrected chi connectivity index (χ1v) is 33.0. The van der Waals surface area contributed by atoms with Gasteiger partial charge in [0.25, 0.3) is 0 Å². The molecule has 29 heteroatoms. The summed E-state index contributed by atoms with van der Waals surface area (Å²) in [7, 11) is 7.97. The number of hydrogen-bond donors (Lipinski definition) is 5. The second kappa shape index (κ2) is 37.8. The second-order valence-corrected chi connectivity index (χ2v) is 28.1. The SMILES string of the molecule is CC[C@H](C)[C@@H]1NC(=O)[C@H](CC(C)C)N(C)C(=O)C[C@@H](C)NC(=O)[C@@H](CC(C)C)N(C)C(=O)C(C)(C)NC(=O)[C@H](COCC(C)(C)O)N(C)C(=O)[C@H](CCc2ccc(C(F)(F)F)c(Cl)c2)NC(=O)CN(C)C(=O)[C@H](COCCC(C)C)N(C)C(=O)CN(CC)C(=O)CN(C)C1=O. The zero-order valence-electron chi connectivity index (χ0n) is 59.6. The van der Waals surface area contributed by atoms with E-state index in [9.17, 15) is 66.2 Å². The van der Waals surface area contributed by atoms with Gasteiger partial charge in [0.1, 0.15) is 41.8 Å². The van der Waals surface area contributed by atoms with Crippen LogP contribution < -0.4 is 21.3 Å². The Morgan fingerprint density at radius 2 is 1.20 bits per heavy atom. The molecular formula is C66H109ClF3N11O14. The molecule has 11 amide bonds. The average molecular weight is 1370 g/mol. The van der Waals surface area contributed by atoms with Crippen molar-refractivity contribution in [3.05, 3.63) is 34.3 Å². The maximum atomic E-state index is 15.0. The Hall–Kier alpha value is -6.65. The third kappa shape index (κ3) is 26.7. The third-order valence-electron chi connectivity index (χ3n) is 16.6. The van der Waals surface area contributed by atoms with E-state index in [4.69, 9.17) is 21.1 Å². The molecule has 95 heavy (non-hydrogen) atoms. The van der Waals surface area contributed by atoms with Crippen LogP contribution in [0.1, 0.15) is 147 Å². The van der Waals surface area contributed by atoms with Gasteiger partial charge >= 0.3 is 6.18 Å². The Labute approximate surface area is 564 Å². The Morgan fingerprint density at radius 1 is 0.653 bits per heavy atom. The fraction of sp³-hybridized carbons (Fsp3) is 0.742. The van der Waals surface area contributed by atoms with Gasteiger partial charge in [-0.2, -0.15) is 13.2 Å². The number of amides is 11. The first kappa shape index (κ1) is 84.4. The van der Waals surface area contributed by atoms with Crippen LogP contribution in [0.5, 0.6) is 0 Å². The minimum absolute atomic E-state index is 0.0252. The van der Waals surface area contributed by atoms with E-state index in [1.165, 1.54) is 79.8 Å². The van der Waals surface area contributed by atoms with Gasteiger partial charge in [0, 0.05) is 67.9 Å². The lowest BCUT2D eigenvalue weighted by Gasteiger charge is -2.37. The van der Waals surface area contributed by atoms with Crippen LogP contribution in [0, 0.1) is 23.7 Å². The van der Waals surface area contributed by atoms with Crippen LogP contribution in [-0.2, 0) is 74.8 Å². The van der Waals surface area contributed by atoms with Crippen LogP contribution in [0.15, 0.2) is 18.2 Å². The van der Waals surface area contributed by atoms with Crippen LogP contribution >= 0.6 is 11.6 Å². The summed E-state index contributed by atoms with van der Waals surface area (Å²) in [6, 6.07) is -6.02. The molecule has 0 bridgehead atoms. The zero-order valence-corrected chi connectivity index (χ0v) is 60.3. The minimum Gasteiger partial charge on any atom is -0.388 e. The standard InChI is InChI=1S/C66H109ClF3N11O14/c1-21-42(9)56-62(91)76(16)34-55(85)81(22-2)35-54(84)78(18)51(37-94-28-27-39(3)4)61(90)75(15)33-52(82)72-47(26-24-44-23-25-45(46(67)32-44)66(68,69)70)60(89)79(19)50(36-95-38-64(11,12)93)59(88)74-65(13,14)63(92)80(20)49(30-41(7)8)57(86)71-43(10)31-53(83)77(17)48(29-40(5)6)58(87)73-56/h23,25,32,39-43,47-51,56,93H,21-22,24,26-31,33-38H2,1-20H3,(H,71,86)(H,72,82)(H,73,87)(H,74,88)/t42-,43+,47-,48-,49+,50-,51-,56-/m0/s1. The number of rotatable bonds is 19. The lowest BCUT2D eigenvalue weighted by molar-refractivity contribution is -0.151. The molecule has 1 aromatic rings. The molecule has 0 spiro atoms. The van der Waals surface area contributed by atoms with Crippen LogP contribution in [-0.4, -0.2) is 253 Å². The molecule has 0 saturated carbocycles. The van der Waals surface area contributed by atoms with E-state index < -0.39 is 167 Å². The van der Waals surface area contributed by atoms with Gasteiger partial charge in [-0.1, -0.05) is 79.5 Å². The van der Waals surface area contributed by atoms with Gasteiger partial charge in [-0.25, -0.2) is 0 Å². The van der Waals surface area contributed by atoms with Crippen molar-refractivity contribution in [3.63, 3.8) is 0 Å². The van der Waals surface area contributed by atoms with E-state index in [1.54, 1.807) is 20.8 Å². The first-order valence-electron chi connectivity index (χ1n) is 32.6. The molecule has 2 rings (SSSR count). The molecule has 0 aliphatic carbocycles. The van der Waals surface area contributed by atoms with E-state index in [1.807, 2.05) is 48.5 Å². The van der Waals surface area contributed by atoms with Gasteiger partial charge < -0.3 is 70.1 Å². The molecule has 1 fully saturated rings. The Balaban J connectivity index is 2.96. The molecule has 1 aromatic carbocycles. The number of aryl methyl sites for hydroxylation is 1. The summed E-state index contributed by atoms with van der Waals surface area (Å²) in [4.78, 5) is 167. The number of nitrogens with one attached hydrogen (secondary N) is 4. The predicted octanol–water partition coefficient (Wildman–Crippen LogP) is 4.13. The first-order chi connectivity index (χ1) is 43.8. The minimum atomic E-state index is -4.80. The summed E-state index contributed by atoms with van der Waals surface area (Å²) >= 11 is 6.10. The number of carbonyl (C=O) groups is 11. The van der Waals surface area contributed by atoms with Crippen LogP contribution in [0.2, 0.25) is 5.02 Å². The summed E-state index contributed by atoms with van der Waals surface area (Å²) < 4.78 is 53.2. The number of benzene rings is 1. The second-order valence-electron chi connectivity index (χ2n) is 27.6. The topological polar surface area (TPSA) is 297 Å². The molecule has 540 valence electrons. The van der Waals surface area contributed by atoms with Gasteiger partial charge in [0.2, 0.25) is 65.0 Å². The summed E-state index contributed by atoms with van der Waals surface area (Å²) in [5.41, 5.74) is -4.21. The summed E-state index contributed by atoms with van der Waals surface area (Å²) in [5, 5.41) is 21.0. The van der Waals surface area contributed by atoms with Crippen LogP contribution in [0.4, 0.5) is 13.2 Å². The van der Waals surface area contributed by atoms with Crippen molar-refractivity contribution in [1.29, 1.82) is 0 Å². The van der Waals surface area contributed by atoms with E-state index in [0.717, 1.165) is 42.7 Å². The molecule has 0 unspecified atom stereocenters. The largest absolute Gasteiger partial charge is 0.417 e. The van der Waals surface area contributed by atoms with E-state index >= 15 is 4.79 Å². The number of aliphatic hydroxyl groups is 1. The molecule has 5 N–H and O–H groups in total. The van der Waals surface area contributed by atoms with Crippen molar-refractivity contribution in [3.8, 4) is 0 Å². The molecule has 1 aliphatic rings. The van der Waals surface area contributed by atoms with Gasteiger partial charge in [0.15, 0.2) is 0 Å². The highest BCUT2D eigenvalue weighted by atomic mass is 35.5. The van der Waals surface area contributed by atoms with Crippen molar-refractivity contribution < 1.29 is 80.5 Å². The molecule has 1 saturated heterocycles. The summed E-state index contributed by atoms with van der Waals surface area (Å²) in [6.45, 7) is 20.6. The molecule has 8 atom stereocenters. The van der Waals surface area contributed by atoms with Crippen LogP contribution in [0.25, 0.3) is 0 Å². The number of nitrogens with zero attached hydrogens (tertiary/aromatic N) is 7. The van der Waals surface area contributed by atoms with Gasteiger partial charge in [0.05, 0.1) is 55.6 Å². The number of ether oxygens (including phenoxy) is 2. The van der Waals surface area contributed by atoms with Crippen molar-refractivity contribution in [2.24, 2.45) is 23.7 Å². The average Bonchev–Trinajstić information content (AvgIpc) is 0.845. The van der Waals surface area contributed by atoms with Gasteiger partial charge in [-0.3, -0.25) is 52.7 Å². The van der Waals surface area contributed by atoms with E-state index in [-0.39, 0.29) is 81.8 Å². The quantitative estimate of drug-likeness (QED) is 0.122. The highest BCUT2D eigenvalue weighted by Gasteiger charge is 2.43. The number of carbonyl (C=O) groups excluding carboxylic acids is 11. The molecule has 0 aromatic heterocycles. The molecule has 25 nitrogen and oxygen atoms in total. The molecule has 0 radical (unpaired) electrons. The lowest BCUT2D eigenvalue weighted by Crippen LogP contribution is -2.63. The Bertz CT molecular complexity index is 2800. The number of halogens is 4. The highest BCUT2D eigenvalue weighted by molar-refractivity contribution is 6.31. The summed E-state index contributed by atoms with van der Waals surface area (Å²) in [5.74, 6) is -8.92. The third-order valence-corrected chi connectivity index (χ3v) is 16.9. The van der Waals surface area contributed by atoms with Gasteiger partial charge in [-0.05, 0) is 115 Å². The van der Waals surface area contributed by atoms with E-state index in [0.29, 0.717) is 12.8 Å². The normalized spacial score (nSPS) is 23.4. The monoisotopic (exact) mass is 1370 g/mol. The fourth-order valence-corrected chi connectivity index (χ4v) is 10.8. The zero-order chi connectivity index (χ0) is 72.9. The van der Waals surface area contributed by atoms with Crippen molar-refractivity contribution in [2.45, 2.75) is 201 Å². The number of hydrogen-bond acceptors (Lipinski definition) is 14. The Morgan fingerprint density at radius 3 is 1.73 bits per heavy atom. The molecular weight excluding hydrogens is 1260 g/mol. The molecule has 1 aliphatic heterocycles. The van der Waals surface area contributed by atoms with Crippen molar-refractivity contribution in [2.75, 3.05) is 94.9 Å². The number of alkyl halides is 3. The smallest absolute Gasteiger partial charge is 0.388 e. The highest BCUT2D eigenvalue weighted by Crippen LogP contribution is 2.35. The maximum absolute atomic E-state index is 15.0. The predicted molar refractivity (Wildman–Crippen MR) is 353 cm³/mol. The number of likely N-dealkylation sites (N-methyl/N-ethyl adjacent to an activating group) is 7. The lowest BCUT2D eigenvalue weighted by atomic mass is 9.95. The van der Waals surface area contributed by atoms with Crippen molar-refractivity contribution in [1.82, 2.24) is 55.6 Å². The molecule has 1 heterocycles. The van der Waals surface area contributed by atoms with E-state index in [2.05, 4.69) is 21.3 Å². The fourth-order valence-electron chi connectivity index (χ4n) is 10.5. The Kier molecular flexibility index (Phi) is 33.6. The summed E-state index contributed by atoms with van der Waals surface area (Å²) in [6.07, 6.45) is -4.36. The van der Waals surface area contributed by atoms with Crippen LogP contribution in [0.3, 0.4) is 0 Å².